The van der Waals surface area contributed by atoms with Gasteiger partial charge in [-0.25, -0.2) is 0 Å². The first kappa shape index (κ1) is 9.63. The van der Waals surface area contributed by atoms with Crippen molar-refractivity contribution in [2.45, 2.75) is 46.0 Å². The van der Waals surface area contributed by atoms with E-state index in [2.05, 4.69) is 30.1 Å². The van der Waals surface area contributed by atoms with E-state index in [1.54, 1.807) is 0 Å². The number of rotatable bonds is 0. The first-order valence-electron chi connectivity index (χ1n) is 5.58. The highest BCUT2D eigenvalue weighted by molar-refractivity contribution is 6.07. The molecule has 1 atom stereocenters. The van der Waals surface area contributed by atoms with Crippen molar-refractivity contribution in [3.63, 3.8) is 0 Å². The van der Waals surface area contributed by atoms with E-state index in [4.69, 9.17) is 0 Å². The van der Waals surface area contributed by atoms with Gasteiger partial charge in [0, 0.05) is 11.6 Å². The predicted octanol–water partition coefficient (Wildman–Crippen LogP) is 3.34. The van der Waals surface area contributed by atoms with E-state index in [-0.39, 0.29) is 0 Å². The maximum atomic E-state index is 4.23. The maximum absolute atomic E-state index is 4.23. The Labute approximate surface area is 85.8 Å². The Morgan fingerprint density at radius 1 is 1.14 bits per heavy atom. The Hall–Kier alpha value is -0.920. The van der Waals surface area contributed by atoms with Crippen molar-refractivity contribution < 1.29 is 0 Å². The summed E-state index contributed by atoms with van der Waals surface area (Å²) in [5.41, 5.74) is 3.77. The Balaban J connectivity index is 2.30. The molecular formula is C12H18N2. The summed E-state index contributed by atoms with van der Waals surface area (Å²) in [6.45, 7) is 4.19. The molecular weight excluding hydrogens is 172 g/mol. The van der Waals surface area contributed by atoms with E-state index in [1.165, 1.54) is 43.4 Å². The minimum absolute atomic E-state index is 0.563. The lowest BCUT2D eigenvalue weighted by Gasteiger charge is -2.24. The van der Waals surface area contributed by atoms with E-state index in [1.807, 2.05) is 0 Å². The van der Waals surface area contributed by atoms with Crippen molar-refractivity contribution in [3.05, 3.63) is 11.6 Å². The molecule has 0 aromatic rings. The lowest BCUT2D eigenvalue weighted by atomic mass is 9.83. The number of hydrogen-bond donors (Lipinski definition) is 0. The first-order chi connectivity index (χ1) is 6.79. The van der Waals surface area contributed by atoms with Gasteiger partial charge in [0.1, 0.15) is 0 Å². The van der Waals surface area contributed by atoms with Crippen LogP contribution in [0.2, 0.25) is 0 Å². The minimum atomic E-state index is 0.563. The molecule has 1 aliphatic heterocycles. The van der Waals surface area contributed by atoms with Gasteiger partial charge < -0.3 is 0 Å². The lowest BCUT2D eigenvalue weighted by Crippen LogP contribution is -2.22. The van der Waals surface area contributed by atoms with Crippen LogP contribution in [0.3, 0.4) is 0 Å². The molecule has 0 radical (unpaired) electrons. The normalized spacial score (nSPS) is 31.6. The van der Waals surface area contributed by atoms with Crippen LogP contribution in [0.25, 0.3) is 0 Å². The average Bonchev–Trinajstić information content (AvgIpc) is 2.11. The zero-order chi connectivity index (χ0) is 9.97. The fraction of sp³-hybridized carbons (Fsp3) is 0.667. The molecule has 0 amide bonds. The summed E-state index contributed by atoms with van der Waals surface area (Å²) in [6.07, 6.45) is 8.88. The summed E-state index contributed by atoms with van der Waals surface area (Å²) in [4.78, 5) is 0. The third-order valence-electron chi connectivity index (χ3n) is 3.22. The Kier molecular flexibility index (Phi) is 2.80. The van der Waals surface area contributed by atoms with Gasteiger partial charge in [-0.3, -0.25) is 0 Å². The number of hydrogen-bond acceptors (Lipinski definition) is 2. The summed E-state index contributed by atoms with van der Waals surface area (Å²) >= 11 is 0. The second-order valence-corrected chi connectivity index (χ2v) is 4.28. The summed E-state index contributed by atoms with van der Waals surface area (Å²) in [7, 11) is 0. The van der Waals surface area contributed by atoms with Crippen molar-refractivity contribution in [2.24, 2.45) is 16.1 Å². The van der Waals surface area contributed by atoms with E-state index >= 15 is 0 Å². The summed E-state index contributed by atoms with van der Waals surface area (Å²) in [5, 5.41) is 8.44. The summed E-state index contributed by atoms with van der Waals surface area (Å²) in [6, 6.07) is 0. The highest BCUT2D eigenvalue weighted by Gasteiger charge is 2.23. The van der Waals surface area contributed by atoms with Gasteiger partial charge >= 0.3 is 0 Å². The molecule has 0 fully saturated rings. The summed E-state index contributed by atoms with van der Waals surface area (Å²) in [5.74, 6) is 0.563. The molecule has 76 valence electrons. The summed E-state index contributed by atoms with van der Waals surface area (Å²) < 4.78 is 0. The largest absolute Gasteiger partial charge is 0.160 e. The van der Waals surface area contributed by atoms with Gasteiger partial charge in [-0.15, -0.1) is 0 Å². The standard InChI is InChI=1S/C12H18N2/c1-9-11-7-5-3-4-6-8-12(11)10(2)14-13-9/h7,12H,3-6,8H2,1-2H3/b11-7-/t12-/m0/s1. The van der Waals surface area contributed by atoms with Crippen molar-refractivity contribution in [2.75, 3.05) is 0 Å². The Morgan fingerprint density at radius 3 is 2.86 bits per heavy atom. The van der Waals surface area contributed by atoms with Crippen LogP contribution in [0, 0.1) is 5.92 Å². The quantitative estimate of drug-likeness (QED) is 0.559. The van der Waals surface area contributed by atoms with Gasteiger partial charge in [0.05, 0.1) is 5.71 Å². The van der Waals surface area contributed by atoms with E-state index in [9.17, 15) is 0 Å². The molecule has 2 nitrogen and oxygen atoms in total. The van der Waals surface area contributed by atoms with Crippen LogP contribution in [-0.4, -0.2) is 11.4 Å². The molecule has 1 aliphatic carbocycles. The average molecular weight is 190 g/mol. The fourth-order valence-corrected chi connectivity index (χ4v) is 2.34. The van der Waals surface area contributed by atoms with Crippen molar-refractivity contribution >= 4 is 11.4 Å². The molecule has 1 heterocycles. The molecule has 0 aromatic heterocycles. The topological polar surface area (TPSA) is 24.7 Å². The highest BCUT2D eigenvalue weighted by atomic mass is 15.2. The van der Waals surface area contributed by atoms with Crippen LogP contribution in [0.15, 0.2) is 21.9 Å². The zero-order valence-electron chi connectivity index (χ0n) is 9.08. The molecule has 0 saturated carbocycles. The van der Waals surface area contributed by atoms with Gasteiger partial charge in [-0.1, -0.05) is 18.9 Å². The second-order valence-electron chi connectivity index (χ2n) is 4.28. The van der Waals surface area contributed by atoms with Crippen LogP contribution in [0.1, 0.15) is 46.0 Å². The van der Waals surface area contributed by atoms with Crippen LogP contribution < -0.4 is 0 Å². The Morgan fingerprint density at radius 2 is 2.00 bits per heavy atom. The van der Waals surface area contributed by atoms with Crippen LogP contribution in [-0.2, 0) is 0 Å². The predicted molar refractivity (Wildman–Crippen MR) is 60.9 cm³/mol. The van der Waals surface area contributed by atoms with E-state index in [0.29, 0.717) is 5.92 Å². The van der Waals surface area contributed by atoms with Gasteiger partial charge in [0.25, 0.3) is 0 Å². The third-order valence-corrected chi connectivity index (χ3v) is 3.22. The molecule has 14 heavy (non-hydrogen) atoms. The monoisotopic (exact) mass is 190 g/mol. The molecule has 0 unspecified atom stereocenters. The second kappa shape index (κ2) is 4.07. The third kappa shape index (κ3) is 1.79. The molecule has 0 N–H and O–H groups in total. The number of allylic oxidation sites excluding steroid dienone is 2. The lowest BCUT2D eigenvalue weighted by molar-refractivity contribution is 0.584. The Bertz CT molecular complexity index is 310. The zero-order valence-corrected chi connectivity index (χ0v) is 9.08. The first-order valence-corrected chi connectivity index (χ1v) is 5.58. The smallest absolute Gasteiger partial charge is 0.0635 e. The van der Waals surface area contributed by atoms with Gasteiger partial charge in [-0.05, 0) is 38.7 Å². The number of nitrogens with zero attached hydrogens (tertiary/aromatic N) is 2. The van der Waals surface area contributed by atoms with Gasteiger partial charge in [0.15, 0.2) is 0 Å². The van der Waals surface area contributed by atoms with Crippen LogP contribution in [0.4, 0.5) is 0 Å². The maximum Gasteiger partial charge on any atom is 0.0635 e. The molecule has 0 aromatic carbocycles. The van der Waals surface area contributed by atoms with Crippen molar-refractivity contribution in [3.8, 4) is 0 Å². The van der Waals surface area contributed by atoms with E-state index < -0.39 is 0 Å². The van der Waals surface area contributed by atoms with Gasteiger partial charge in [-0.2, -0.15) is 10.2 Å². The SMILES string of the molecule is CC1=NN=C(C)[C@@H]2CCCCC/C=C/12. The molecule has 0 spiro atoms. The fourth-order valence-electron chi connectivity index (χ4n) is 2.34. The van der Waals surface area contributed by atoms with E-state index in [0.717, 1.165) is 5.71 Å². The molecule has 0 saturated heterocycles. The molecule has 0 bridgehead atoms. The minimum Gasteiger partial charge on any atom is -0.160 e. The van der Waals surface area contributed by atoms with Crippen molar-refractivity contribution in [1.29, 1.82) is 0 Å². The molecule has 2 aliphatic rings. The van der Waals surface area contributed by atoms with Gasteiger partial charge in [0.2, 0.25) is 0 Å². The highest BCUT2D eigenvalue weighted by Crippen LogP contribution is 2.28. The van der Waals surface area contributed by atoms with Crippen LogP contribution >= 0.6 is 0 Å². The van der Waals surface area contributed by atoms with Crippen LogP contribution in [0.5, 0.6) is 0 Å². The molecule has 2 rings (SSSR count). The van der Waals surface area contributed by atoms with Crippen molar-refractivity contribution in [1.82, 2.24) is 0 Å². The number of fused-ring (bicyclic) bond motifs is 1. The molecule has 2 heteroatoms.